The van der Waals surface area contributed by atoms with Crippen molar-refractivity contribution in [2.75, 3.05) is 18.8 Å². The summed E-state index contributed by atoms with van der Waals surface area (Å²) in [4.78, 5) is 47.3. The van der Waals surface area contributed by atoms with E-state index in [4.69, 9.17) is 5.11 Å². The topological polar surface area (TPSA) is 190 Å². The Bertz CT molecular complexity index is 837. The number of nitro groups is 2. The quantitative estimate of drug-likeness (QED) is 0.279. The van der Waals surface area contributed by atoms with Crippen molar-refractivity contribution in [3.05, 3.63) is 44.0 Å². The lowest BCUT2D eigenvalue weighted by Crippen LogP contribution is -2.30. The Hall–Kier alpha value is -4.10. The summed E-state index contributed by atoms with van der Waals surface area (Å²) >= 11 is 0. The van der Waals surface area contributed by atoms with Gasteiger partial charge >= 0.3 is 11.8 Å². The van der Waals surface area contributed by atoms with Crippen molar-refractivity contribution in [2.24, 2.45) is 10.1 Å². The van der Waals surface area contributed by atoms with E-state index in [2.05, 4.69) is 14.8 Å². The van der Waals surface area contributed by atoms with Gasteiger partial charge in [-0.1, -0.05) is 12.1 Å². The number of ketones is 1. The lowest BCUT2D eigenvalue weighted by atomic mass is 10.1. The highest BCUT2D eigenvalue weighted by molar-refractivity contribution is 5.90. The average Bonchev–Trinajstić information content (AvgIpc) is 2.59. The average molecular weight is 396 g/mol. The lowest BCUT2D eigenvalue weighted by molar-refractivity contribution is -0.496. The van der Waals surface area contributed by atoms with Crippen LogP contribution in [0.4, 0.5) is 16.2 Å². The van der Waals surface area contributed by atoms with Crippen LogP contribution in [0.3, 0.4) is 0 Å². The molecule has 1 rings (SSSR count). The van der Waals surface area contributed by atoms with Crippen LogP contribution in [0.5, 0.6) is 0 Å². The van der Waals surface area contributed by atoms with Gasteiger partial charge in [-0.15, -0.1) is 0 Å². The number of anilines is 1. The molecule has 0 aromatic heterocycles. The predicted octanol–water partition coefficient (Wildman–Crippen LogP) is 0.980. The lowest BCUT2D eigenvalue weighted by Gasteiger charge is -2.11. The zero-order chi connectivity index (χ0) is 21.3. The number of hydrazone groups is 1. The number of aliphatic imine (C=N–C) groups is 1. The van der Waals surface area contributed by atoms with E-state index in [1.165, 1.54) is 19.1 Å². The van der Waals surface area contributed by atoms with Crippen molar-refractivity contribution in [2.45, 2.75) is 13.3 Å². The number of hydrogen-bond donors (Lipinski definition) is 2. The number of Topliss-reactive ketones (excluding diaryl/α,β-unsaturated/α-hetero) is 1. The Morgan fingerprint density at radius 2 is 2.04 bits per heavy atom. The first-order chi connectivity index (χ1) is 13.2. The minimum absolute atomic E-state index is 0.00222. The second-order valence-corrected chi connectivity index (χ2v) is 5.03. The number of nitro benzene ring substituents is 1. The van der Waals surface area contributed by atoms with Gasteiger partial charge < -0.3 is 20.0 Å². The van der Waals surface area contributed by atoms with Crippen LogP contribution >= 0.6 is 0 Å². The number of amidine groups is 1. The maximum atomic E-state index is 11.4. The summed E-state index contributed by atoms with van der Waals surface area (Å²) in [6.45, 7) is 0.908. The number of benzene rings is 1. The molecule has 28 heavy (non-hydrogen) atoms. The third-order valence-electron chi connectivity index (χ3n) is 3.01. The number of carbonyl (C=O) groups excluding carboxylic acids is 1. The molecule has 0 atom stereocenters. The number of nitrogens with one attached hydrogen (secondary N) is 1. The first-order valence-electron chi connectivity index (χ1n) is 7.48. The fraction of sp³-hybridized carbons (Fsp3) is 0.286. The number of ether oxygens (including phenoxy) is 1. The standard InChI is InChI=1S/C14H16N6O8/c1-9(21)8-10-4-3-5-11(12(10)19(24)25)18(20(26)27)16-7-6-15-13(28-2)17-14(22)23/h3-5,7H,6,8H2,1-2H3,(H,15,17)(H,22,23). The van der Waals surface area contributed by atoms with Gasteiger partial charge in [0.25, 0.3) is 6.02 Å². The highest BCUT2D eigenvalue weighted by atomic mass is 16.7. The number of carbonyl (C=O) groups is 2. The molecule has 14 nitrogen and oxygen atoms in total. The molecular weight excluding hydrogens is 380 g/mol. The molecule has 0 aliphatic rings. The third kappa shape index (κ3) is 6.32. The van der Waals surface area contributed by atoms with E-state index in [-0.39, 0.29) is 35.5 Å². The molecule has 1 aromatic rings. The van der Waals surface area contributed by atoms with Crippen molar-refractivity contribution >= 4 is 35.5 Å². The molecule has 1 amide bonds. The van der Waals surface area contributed by atoms with Crippen molar-refractivity contribution < 1.29 is 29.4 Å². The third-order valence-corrected chi connectivity index (χ3v) is 3.01. The van der Waals surface area contributed by atoms with Crippen LogP contribution in [0.1, 0.15) is 12.5 Å². The number of amides is 1. The summed E-state index contributed by atoms with van der Waals surface area (Å²) in [7, 11) is 1.15. The van der Waals surface area contributed by atoms with E-state index >= 15 is 0 Å². The summed E-state index contributed by atoms with van der Waals surface area (Å²) in [5, 5.41) is 35.8. The van der Waals surface area contributed by atoms with Crippen LogP contribution in [-0.4, -0.2) is 52.8 Å². The summed E-state index contributed by atoms with van der Waals surface area (Å²) in [5.41, 5.74) is -1.08. The monoisotopic (exact) mass is 396 g/mol. The van der Waals surface area contributed by atoms with Gasteiger partial charge in [-0.05, 0) is 13.0 Å². The van der Waals surface area contributed by atoms with E-state index in [9.17, 15) is 29.8 Å². The Labute approximate surface area is 157 Å². The molecule has 0 heterocycles. The van der Waals surface area contributed by atoms with E-state index in [1.807, 2.05) is 5.32 Å². The van der Waals surface area contributed by atoms with Crippen molar-refractivity contribution in [3.8, 4) is 0 Å². The largest absolute Gasteiger partial charge is 0.468 e. The number of hydrogen-bond acceptors (Lipinski definition) is 9. The van der Waals surface area contributed by atoms with E-state index in [0.29, 0.717) is 0 Å². The van der Waals surface area contributed by atoms with Crippen LogP contribution in [0.25, 0.3) is 0 Å². The second-order valence-electron chi connectivity index (χ2n) is 5.03. The summed E-state index contributed by atoms with van der Waals surface area (Å²) < 4.78 is 4.63. The van der Waals surface area contributed by atoms with Gasteiger partial charge in [0.05, 0.1) is 17.1 Å². The molecule has 0 bridgehead atoms. The number of para-hydroxylation sites is 1. The van der Waals surface area contributed by atoms with Gasteiger partial charge in [0.15, 0.2) is 6.21 Å². The van der Waals surface area contributed by atoms with Crippen molar-refractivity contribution in [1.82, 2.24) is 5.32 Å². The summed E-state index contributed by atoms with van der Waals surface area (Å²) in [5.74, 6) is -0.358. The molecule has 150 valence electrons. The number of hydrazine groups is 1. The van der Waals surface area contributed by atoms with Gasteiger partial charge in [-0.2, -0.15) is 0 Å². The summed E-state index contributed by atoms with van der Waals surface area (Å²) in [6, 6.07) is 3.38. The SMILES string of the molecule is COC(=NCC=NN(c1cccc(CC(C)=O)c1[N+](=O)[O-])[N+](=O)[O-])NC(=O)O. The zero-order valence-electron chi connectivity index (χ0n) is 14.8. The Kier molecular flexibility index (Phi) is 7.95. The van der Waals surface area contributed by atoms with Crippen molar-refractivity contribution in [3.63, 3.8) is 0 Å². The fourth-order valence-electron chi connectivity index (χ4n) is 2.04. The molecule has 0 saturated heterocycles. The molecule has 1 aromatic carbocycles. The minimum Gasteiger partial charge on any atom is -0.468 e. The van der Waals surface area contributed by atoms with E-state index < -0.39 is 27.4 Å². The summed E-state index contributed by atoms with van der Waals surface area (Å²) in [6.07, 6.45) is -0.781. The van der Waals surface area contributed by atoms with Crippen molar-refractivity contribution in [1.29, 1.82) is 0 Å². The second kappa shape index (κ2) is 10.1. The van der Waals surface area contributed by atoms with E-state index in [1.54, 1.807) is 0 Å². The number of rotatable bonds is 8. The highest BCUT2D eigenvalue weighted by Gasteiger charge is 2.30. The minimum atomic E-state index is -1.43. The Morgan fingerprint density at radius 3 is 2.54 bits per heavy atom. The molecule has 0 aliphatic carbocycles. The van der Waals surface area contributed by atoms with Crippen LogP contribution in [0.15, 0.2) is 28.3 Å². The van der Waals surface area contributed by atoms with Crippen LogP contribution in [0.2, 0.25) is 0 Å². The van der Waals surface area contributed by atoms with Crippen LogP contribution in [0, 0.1) is 20.2 Å². The van der Waals surface area contributed by atoms with Crippen LogP contribution in [-0.2, 0) is 16.0 Å². The Morgan fingerprint density at radius 1 is 1.36 bits per heavy atom. The molecule has 2 N–H and O–H groups in total. The van der Waals surface area contributed by atoms with Gasteiger partial charge in [0, 0.05) is 22.2 Å². The molecule has 14 heteroatoms. The molecule has 0 saturated carbocycles. The maximum absolute atomic E-state index is 11.4. The number of methoxy groups -OCH3 is 1. The normalized spacial score (nSPS) is 11.1. The molecule has 0 unspecified atom stereocenters. The molecule has 0 fully saturated rings. The van der Waals surface area contributed by atoms with E-state index in [0.717, 1.165) is 19.4 Å². The van der Waals surface area contributed by atoms with Gasteiger partial charge in [-0.25, -0.2) is 15.1 Å². The van der Waals surface area contributed by atoms with Gasteiger partial charge in [0.2, 0.25) is 5.69 Å². The first-order valence-corrected chi connectivity index (χ1v) is 7.48. The molecule has 0 radical (unpaired) electrons. The molecule has 0 spiro atoms. The predicted molar refractivity (Wildman–Crippen MR) is 95.9 cm³/mol. The van der Waals surface area contributed by atoms with Gasteiger partial charge in [-0.3, -0.25) is 14.9 Å². The van der Waals surface area contributed by atoms with Gasteiger partial charge in [0.1, 0.15) is 12.3 Å². The molecular formula is C14H16N6O8. The molecule has 0 aliphatic heterocycles. The Balaban J connectivity index is 3.20. The number of nitrogens with zero attached hydrogens (tertiary/aromatic N) is 5. The zero-order valence-corrected chi connectivity index (χ0v) is 14.8. The highest BCUT2D eigenvalue weighted by Crippen LogP contribution is 2.32. The maximum Gasteiger partial charge on any atom is 0.412 e. The smallest absolute Gasteiger partial charge is 0.412 e. The number of carboxylic acid groups (broad SMARTS) is 1. The first kappa shape index (κ1) is 21.9. The van der Waals surface area contributed by atoms with Crippen LogP contribution < -0.4 is 10.4 Å². The fourth-order valence-corrected chi connectivity index (χ4v) is 2.04.